The number of hydrogen-bond acceptors (Lipinski definition) is 4. The minimum absolute atomic E-state index is 0.0836. The average Bonchev–Trinajstić information content (AvgIpc) is 2.95. The number of nitrogens with zero attached hydrogens (tertiary/aromatic N) is 2. The Bertz CT molecular complexity index is 496. The van der Waals surface area contributed by atoms with Crippen LogP contribution in [0.25, 0.3) is 0 Å². The number of allylic oxidation sites excluding steroid dienone is 2. The minimum Gasteiger partial charge on any atom is -0.467 e. The molecule has 1 aromatic heterocycles. The molecule has 0 N–H and O–H groups in total. The topological polar surface area (TPSA) is 57.2 Å². The van der Waals surface area contributed by atoms with Crippen LogP contribution in [0.3, 0.4) is 0 Å². The molecular weight excluding hydrogens is 204 g/mol. The Morgan fingerprint density at radius 2 is 2.44 bits per heavy atom. The Kier molecular flexibility index (Phi) is 1.87. The van der Waals surface area contributed by atoms with E-state index in [1.165, 1.54) is 11.2 Å². The molecule has 4 nitrogen and oxygen atoms in total. The summed E-state index contributed by atoms with van der Waals surface area (Å²) in [5.41, 5.74) is 0.855. The van der Waals surface area contributed by atoms with Gasteiger partial charge >= 0.3 is 0 Å². The van der Waals surface area contributed by atoms with Gasteiger partial charge in [0.2, 0.25) is 0 Å². The van der Waals surface area contributed by atoms with Gasteiger partial charge in [0.25, 0.3) is 0 Å². The maximum Gasteiger partial charge on any atom is 0.185 e. The van der Waals surface area contributed by atoms with Crippen molar-refractivity contribution in [2.75, 3.05) is 0 Å². The van der Waals surface area contributed by atoms with Gasteiger partial charge in [-0.2, -0.15) is 5.26 Å². The first-order chi connectivity index (χ1) is 7.83. The first kappa shape index (κ1) is 9.22. The van der Waals surface area contributed by atoms with Gasteiger partial charge in [-0.1, -0.05) is 6.08 Å². The van der Waals surface area contributed by atoms with Crippen molar-refractivity contribution in [2.24, 2.45) is 5.92 Å². The van der Waals surface area contributed by atoms with Crippen LogP contribution in [-0.4, -0.2) is 10.7 Å². The van der Waals surface area contributed by atoms with E-state index in [4.69, 9.17) is 9.68 Å². The van der Waals surface area contributed by atoms with Gasteiger partial charge in [0.05, 0.1) is 12.2 Å². The van der Waals surface area contributed by atoms with Crippen LogP contribution in [0.2, 0.25) is 0 Å². The molecule has 4 heteroatoms. The quantitative estimate of drug-likeness (QED) is 0.671. The molecule has 2 aliphatic rings. The van der Waals surface area contributed by atoms with E-state index in [1.54, 1.807) is 12.1 Å². The van der Waals surface area contributed by atoms with Crippen molar-refractivity contribution in [2.45, 2.75) is 18.9 Å². The molecule has 1 fully saturated rings. The van der Waals surface area contributed by atoms with Gasteiger partial charge in [0.15, 0.2) is 18.0 Å². The van der Waals surface area contributed by atoms with Gasteiger partial charge in [-0.3, -0.25) is 9.69 Å². The number of nitriles is 1. The van der Waals surface area contributed by atoms with E-state index in [2.05, 4.69) is 6.19 Å². The fourth-order valence-electron chi connectivity index (χ4n) is 2.54. The lowest BCUT2D eigenvalue weighted by Crippen LogP contribution is -2.19. The Morgan fingerprint density at radius 1 is 1.56 bits per heavy atom. The number of ketones is 1. The number of furan rings is 1. The maximum atomic E-state index is 12.2. The van der Waals surface area contributed by atoms with E-state index in [9.17, 15) is 4.79 Å². The van der Waals surface area contributed by atoms with Crippen molar-refractivity contribution in [3.63, 3.8) is 0 Å². The number of Topliss-reactive ketones (excluding diaryl/α,β-unsaturated/α-hetero) is 1. The highest BCUT2D eigenvalue weighted by Crippen LogP contribution is 2.44. The number of fused-ring (bicyclic) bond motifs is 1. The van der Waals surface area contributed by atoms with Crippen molar-refractivity contribution in [3.8, 4) is 6.19 Å². The summed E-state index contributed by atoms with van der Waals surface area (Å²) >= 11 is 0. The first-order valence-electron chi connectivity index (χ1n) is 5.29. The highest BCUT2D eigenvalue weighted by Gasteiger charge is 2.47. The van der Waals surface area contributed by atoms with E-state index in [1.807, 2.05) is 6.08 Å². The van der Waals surface area contributed by atoms with E-state index >= 15 is 0 Å². The number of likely N-dealkylation sites (tertiary alicyclic amines) is 1. The summed E-state index contributed by atoms with van der Waals surface area (Å²) in [5.74, 6) is 0.539. The number of hydrogen-bond donors (Lipinski definition) is 0. The fourth-order valence-corrected chi connectivity index (χ4v) is 2.54. The summed E-state index contributed by atoms with van der Waals surface area (Å²) in [7, 11) is 0. The van der Waals surface area contributed by atoms with E-state index < -0.39 is 6.04 Å². The molecule has 1 aliphatic heterocycles. The molecule has 0 spiro atoms. The van der Waals surface area contributed by atoms with Crippen LogP contribution in [0.1, 0.15) is 24.6 Å². The second-order valence-electron chi connectivity index (χ2n) is 4.05. The van der Waals surface area contributed by atoms with Gasteiger partial charge in [0.1, 0.15) is 5.76 Å². The van der Waals surface area contributed by atoms with Crippen LogP contribution in [0.15, 0.2) is 34.6 Å². The Balaban J connectivity index is 2.06. The zero-order valence-electron chi connectivity index (χ0n) is 8.59. The molecule has 1 aromatic rings. The molecule has 80 valence electrons. The van der Waals surface area contributed by atoms with Gasteiger partial charge in [0, 0.05) is 5.70 Å². The van der Waals surface area contributed by atoms with Crippen LogP contribution in [-0.2, 0) is 4.79 Å². The third kappa shape index (κ3) is 1.06. The van der Waals surface area contributed by atoms with Crippen LogP contribution < -0.4 is 0 Å². The number of carbonyl (C=O) groups is 1. The second-order valence-corrected chi connectivity index (χ2v) is 4.05. The highest BCUT2D eigenvalue weighted by atomic mass is 16.3. The smallest absolute Gasteiger partial charge is 0.185 e. The standard InChI is InChI=1S/C12H10N2O2/c13-7-14-9-4-1-3-8(9)12(15)11(14)10-5-2-6-16-10/h2,4-6,8,11H,1,3H2. The molecule has 2 heterocycles. The predicted octanol–water partition coefficient (Wildman–Crippen LogP) is 1.98. The summed E-state index contributed by atoms with van der Waals surface area (Å²) in [6.45, 7) is 0. The van der Waals surface area contributed by atoms with Crippen molar-refractivity contribution >= 4 is 5.78 Å². The van der Waals surface area contributed by atoms with Crippen molar-refractivity contribution in [3.05, 3.63) is 35.9 Å². The maximum absolute atomic E-state index is 12.2. The largest absolute Gasteiger partial charge is 0.467 e. The molecule has 0 aromatic carbocycles. The number of carbonyl (C=O) groups excluding carboxylic acids is 1. The molecule has 2 atom stereocenters. The van der Waals surface area contributed by atoms with Crippen molar-refractivity contribution in [1.29, 1.82) is 5.26 Å². The molecule has 0 bridgehead atoms. The molecular formula is C12H10N2O2. The Labute approximate surface area is 92.8 Å². The second kappa shape index (κ2) is 3.24. The zero-order chi connectivity index (χ0) is 11.1. The van der Waals surface area contributed by atoms with E-state index in [0.29, 0.717) is 5.76 Å². The lowest BCUT2D eigenvalue weighted by atomic mass is 10.0. The summed E-state index contributed by atoms with van der Waals surface area (Å²) in [6, 6.07) is 2.94. The Hall–Kier alpha value is -2.02. The van der Waals surface area contributed by atoms with Crippen LogP contribution >= 0.6 is 0 Å². The Morgan fingerprint density at radius 3 is 3.12 bits per heavy atom. The van der Waals surface area contributed by atoms with Gasteiger partial charge in [-0.25, -0.2) is 0 Å². The average molecular weight is 214 g/mol. The molecule has 3 rings (SSSR count). The summed E-state index contributed by atoms with van der Waals surface area (Å²) in [4.78, 5) is 13.6. The first-order valence-corrected chi connectivity index (χ1v) is 5.29. The third-order valence-electron chi connectivity index (χ3n) is 3.24. The summed E-state index contributed by atoms with van der Waals surface area (Å²) in [6.07, 6.45) is 7.30. The molecule has 16 heavy (non-hydrogen) atoms. The lowest BCUT2D eigenvalue weighted by Gasteiger charge is -2.15. The fraction of sp³-hybridized carbons (Fsp3) is 0.333. The third-order valence-corrected chi connectivity index (χ3v) is 3.24. The highest BCUT2D eigenvalue weighted by molar-refractivity contribution is 5.93. The molecule has 2 unspecified atom stereocenters. The number of rotatable bonds is 1. The molecule has 0 amide bonds. The van der Waals surface area contributed by atoms with Crippen LogP contribution in [0.5, 0.6) is 0 Å². The molecule has 0 radical (unpaired) electrons. The molecule has 1 saturated heterocycles. The normalized spacial score (nSPS) is 27.8. The van der Waals surface area contributed by atoms with Gasteiger partial charge in [-0.15, -0.1) is 0 Å². The lowest BCUT2D eigenvalue weighted by molar-refractivity contribution is -0.122. The van der Waals surface area contributed by atoms with Gasteiger partial charge < -0.3 is 4.42 Å². The van der Waals surface area contributed by atoms with Crippen molar-refractivity contribution < 1.29 is 9.21 Å². The summed E-state index contributed by atoms with van der Waals surface area (Å²) < 4.78 is 5.24. The molecule has 0 saturated carbocycles. The minimum atomic E-state index is -0.545. The zero-order valence-corrected chi connectivity index (χ0v) is 8.59. The van der Waals surface area contributed by atoms with E-state index in [0.717, 1.165) is 18.5 Å². The summed E-state index contributed by atoms with van der Waals surface area (Å²) in [5, 5.41) is 9.14. The monoisotopic (exact) mass is 214 g/mol. The van der Waals surface area contributed by atoms with Gasteiger partial charge in [-0.05, 0) is 25.0 Å². The van der Waals surface area contributed by atoms with E-state index in [-0.39, 0.29) is 11.7 Å². The van der Waals surface area contributed by atoms with Crippen LogP contribution in [0, 0.1) is 17.4 Å². The SMILES string of the molecule is N#CN1C2=CCCC2C(=O)C1c1ccco1. The van der Waals surface area contributed by atoms with Crippen molar-refractivity contribution in [1.82, 2.24) is 4.90 Å². The van der Waals surface area contributed by atoms with Crippen LogP contribution in [0.4, 0.5) is 0 Å². The molecule has 1 aliphatic carbocycles. The predicted molar refractivity (Wildman–Crippen MR) is 54.7 cm³/mol.